The van der Waals surface area contributed by atoms with Crippen molar-refractivity contribution in [1.82, 2.24) is 0 Å². The van der Waals surface area contributed by atoms with Crippen molar-refractivity contribution >= 4 is 11.3 Å². The number of thiophene rings is 1. The Hall–Kier alpha value is -1.28. The van der Waals surface area contributed by atoms with Crippen molar-refractivity contribution < 1.29 is 5.11 Å². The van der Waals surface area contributed by atoms with E-state index in [1.54, 1.807) is 17.4 Å². The molecule has 2 rings (SSSR count). The average Bonchev–Trinajstić information content (AvgIpc) is 2.69. The fourth-order valence-electron chi connectivity index (χ4n) is 1.73. The number of rotatable bonds is 1. The van der Waals surface area contributed by atoms with E-state index in [9.17, 15) is 5.11 Å². The predicted molar refractivity (Wildman–Crippen MR) is 70.1 cm³/mol. The van der Waals surface area contributed by atoms with E-state index < -0.39 is 0 Å². The Morgan fingerprint density at radius 3 is 2.44 bits per heavy atom. The highest BCUT2D eigenvalue weighted by Crippen LogP contribution is 2.35. The normalized spacial score (nSPS) is 11.7. The van der Waals surface area contributed by atoms with E-state index in [1.807, 2.05) is 12.1 Å². The number of hydrogen-bond acceptors (Lipinski definition) is 2. The fraction of sp³-hybridized carbons (Fsp3) is 0.286. The van der Waals surface area contributed by atoms with Crippen molar-refractivity contribution in [3.63, 3.8) is 0 Å². The number of hydrogen-bond donors (Lipinski definition) is 1. The molecule has 0 aliphatic carbocycles. The molecule has 0 saturated carbocycles. The summed E-state index contributed by atoms with van der Waals surface area (Å²) in [4.78, 5) is 1.24. The van der Waals surface area contributed by atoms with E-state index in [2.05, 4.69) is 38.3 Å². The molecule has 0 aliphatic rings. The van der Waals surface area contributed by atoms with Gasteiger partial charge in [0.05, 0.1) is 0 Å². The molecule has 1 aromatic carbocycles. The van der Waals surface area contributed by atoms with Gasteiger partial charge >= 0.3 is 0 Å². The van der Waals surface area contributed by atoms with Gasteiger partial charge in [-0.05, 0) is 46.2 Å². The minimum Gasteiger partial charge on any atom is -0.508 e. The van der Waals surface area contributed by atoms with Gasteiger partial charge in [-0.1, -0.05) is 26.8 Å². The average molecular weight is 232 g/mol. The maximum atomic E-state index is 9.87. The Labute approximate surface area is 100 Å². The van der Waals surface area contributed by atoms with Gasteiger partial charge in [0.25, 0.3) is 0 Å². The van der Waals surface area contributed by atoms with Crippen LogP contribution in [0, 0.1) is 0 Å². The molecule has 0 unspecified atom stereocenters. The number of phenols is 1. The van der Waals surface area contributed by atoms with Gasteiger partial charge in [-0.2, -0.15) is 0 Å². The summed E-state index contributed by atoms with van der Waals surface area (Å²) >= 11 is 1.72. The van der Waals surface area contributed by atoms with Crippen LogP contribution < -0.4 is 0 Å². The first-order valence-electron chi connectivity index (χ1n) is 5.36. The van der Waals surface area contributed by atoms with E-state index in [1.165, 1.54) is 10.4 Å². The quantitative estimate of drug-likeness (QED) is 0.771. The molecule has 0 atom stereocenters. The molecule has 16 heavy (non-hydrogen) atoms. The second-order valence-electron chi connectivity index (χ2n) is 4.96. The molecule has 1 N–H and O–H groups in total. The Morgan fingerprint density at radius 2 is 1.88 bits per heavy atom. The first kappa shape index (κ1) is 11.2. The number of aromatic hydroxyl groups is 1. The van der Waals surface area contributed by atoms with Crippen LogP contribution in [-0.2, 0) is 5.41 Å². The van der Waals surface area contributed by atoms with Crippen LogP contribution in [0.1, 0.15) is 26.3 Å². The third-order valence-corrected chi connectivity index (χ3v) is 3.53. The third-order valence-electron chi connectivity index (χ3n) is 2.61. The summed E-state index contributed by atoms with van der Waals surface area (Å²) in [6, 6.07) is 9.99. The number of phenolic OH excluding ortho intramolecular Hbond substituents is 1. The molecular weight excluding hydrogens is 216 g/mol. The van der Waals surface area contributed by atoms with Crippen LogP contribution in [0.25, 0.3) is 10.4 Å². The van der Waals surface area contributed by atoms with Crippen LogP contribution in [0.3, 0.4) is 0 Å². The molecule has 1 heterocycles. The second kappa shape index (κ2) is 3.95. The molecule has 0 saturated heterocycles. The van der Waals surface area contributed by atoms with Crippen molar-refractivity contribution in [2.45, 2.75) is 26.2 Å². The fourth-order valence-corrected chi connectivity index (χ4v) is 2.46. The molecule has 0 fully saturated rings. The van der Waals surface area contributed by atoms with E-state index in [0.29, 0.717) is 5.75 Å². The predicted octanol–water partition coefficient (Wildman–Crippen LogP) is 4.42. The second-order valence-corrected chi connectivity index (χ2v) is 5.91. The Bertz CT molecular complexity index is 478. The van der Waals surface area contributed by atoms with Crippen LogP contribution in [0.2, 0.25) is 0 Å². The van der Waals surface area contributed by atoms with E-state index in [4.69, 9.17) is 0 Å². The standard InChI is InChI=1S/C14H16OS/c1-14(2,3)11-9-10(6-7-12(11)15)13-5-4-8-16-13/h4-9,15H,1-3H3. The van der Waals surface area contributed by atoms with Gasteiger partial charge < -0.3 is 5.11 Å². The van der Waals surface area contributed by atoms with Crippen LogP contribution in [-0.4, -0.2) is 5.11 Å². The van der Waals surface area contributed by atoms with Crippen molar-refractivity contribution in [2.24, 2.45) is 0 Å². The van der Waals surface area contributed by atoms with Crippen molar-refractivity contribution in [2.75, 3.05) is 0 Å². The van der Waals surface area contributed by atoms with Gasteiger partial charge in [0.1, 0.15) is 5.75 Å². The SMILES string of the molecule is CC(C)(C)c1cc(-c2cccs2)ccc1O. The zero-order valence-corrected chi connectivity index (χ0v) is 10.6. The van der Waals surface area contributed by atoms with Gasteiger partial charge in [-0.25, -0.2) is 0 Å². The minimum atomic E-state index is -0.0304. The minimum absolute atomic E-state index is 0.0304. The van der Waals surface area contributed by atoms with Crippen LogP contribution in [0.15, 0.2) is 35.7 Å². The molecule has 0 bridgehead atoms. The summed E-state index contributed by atoms with van der Waals surface area (Å²) in [5.74, 6) is 0.382. The molecule has 0 aliphatic heterocycles. The summed E-state index contributed by atoms with van der Waals surface area (Å²) in [6.45, 7) is 6.33. The highest BCUT2D eigenvalue weighted by Gasteiger charge is 2.18. The van der Waals surface area contributed by atoms with Crippen molar-refractivity contribution in [3.05, 3.63) is 41.3 Å². The lowest BCUT2D eigenvalue weighted by atomic mass is 9.85. The first-order valence-corrected chi connectivity index (χ1v) is 6.24. The monoisotopic (exact) mass is 232 g/mol. The maximum Gasteiger partial charge on any atom is 0.119 e. The Morgan fingerprint density at radius 1 is 1.12 bits per heavy atom. The molecule has 0 amide bonds. The van der Waals surface area contributed by atoms with Crippen LogP contribution in [0.5, 0.6) is 5.75 Å². The molecule has 1 aromatic heterocycles. The van der Waals surface area contributed by atoms with Crippen molar-refractivity contribution in [1.29, 1.82) is 0 Å². The summed E-state index contributed by atoms with van der Waals surface area (Å²) in [5.41, 5.74) is 2.15. The first-order chi connectivity index (χ1) is 7.48. The molecular formula is C14H16OS. The van der Waals surface area contributed by atoms with Crippen molar-refractivity contribution in [3.8, 4) is 16.2 Å². The van der Waals surface area contributed by atoms with Gasteiger partial charge in [0.15, 0.2) is 0 Å². The lowest BCUT2D eigenvalue weighted by molar-refractivity contribution is 0.447. The molecule has 2 heteroatoms. The van der Waals surface area contributed by atoms with E-state index in [-0.39, 0.29) is 5.41 Å². The van der Waals surface area contributed by atoms with E-state index >= 15 is 0 Å². The smallest absolute Gasteiger partial charge is 0.119 e. The molecule has 84 valence electrons. The maximum absolute atomic E-state index is 9.87. The third kappa shape index (κ3) is 2.12. The zero-order valence-electron chi connectivity index (χ0n) is 9.82. The number of benzene rings is 1. The van der Waals surface area contributed by atoms with Gasteiger partial charge in [0, 0.05) is 4.88 Å². The topological polar surface area (TPSA) is 20.2 Å². The zero-order chi connectivity index (χ0) is 11.8. The largest absolute Gasteiger partial charge is 0.508 e. The van der Waals surface area contributed by atoms with Gasteiger partial charge in [-0.3, -0.25) is 0 Å². The lowest BCUT2D eigenvalue weighted by Gasteiger charge is -2.21. The van der Waals surface area contributed by atoms with Gasteiger partial charge in [0.2, 0.25) is 0 Å². The Balaban J connectivity index is 2.52. The summed E-state index contributed by atoms with van der Waals surface area (Å²) in [6.07, 6.45) is 0. The highest BCUT2D eigenvalue weighted by atomic mass is 32.1. The lowest BCUT2D eigenvalue weighted by Crippen LogP contribution is -2.11. The highest BCUT2D eigenvalue weighted by molar-refractivity contribution is 7.13. The summed E-state index contributed by atoms with van der Waals surface area (Å²) in [7, 11) is 0. The van der Waals surface area contributed by atoms with Gasteiger partial charge in [-0.15, -0.1) is 11.3 Å². The molecule has 0 radical (unpaired) electrons. The summed E-state index contributed by atoms with van der Waals surface area (Å²) in [5, 5.41) is 11.9. The Kier molecular flexibility index (Phi) is 2.76. The van der Waals surface area contributed by atoms with E-state index in [0.717, 1.165) is 5.56 Å². The molecule has 1 nitrogen and oxygen atoms in total. The molecule has 0 spiro atoms. The molecule has 2 aromatic rings. The van der Waals surface area contributed by atoms with Crippen LogP contribution in [0.4, 0.5) is 0 Å². The van der Waals surface area contributed by atoms with Crippen LogP contribution >= 0.6 is 11.3 Å². The summed E-state index contributed by atoms with van der Waals surface area (Å²) < 4.78 is 0.